The first-order chi connectivity index (χ1) is 9.44. The van der Waals surface area contributed by atoms with Gasteiger partial charge < -0.3 is 10.7 Å². The minimum Gasteiger partial charge on any atom is -0.368 e. The summed E-state index contributed by atoms with van der Waals surface area (Å²) in [6.45, 7) is 5.03. The lowest BCUT2D eigenvalue weighted by atomic mass is 9.91. The van der Waals surface area contributed by atoms with Gasteiger partial charge in [-0.3, -0.25) is 0 Å². The smallest absolute Gasteiger partial charge is 0.161 e. The van der Waals surface area contributed by atoms with Crippen LogP contribution in [0.1, 0.15) is 18.7 Å². The van der Waals surface area contributed by atoms with E-state index in [2.05, 4.69) is 41.0 Å². The molecule has 0 spiro atoms. The van der Waals surface area contributed by atoms with Crippen molar-refractivity contribution in [3.05, 3.63) is 38.5 Å². The topological polar surface area (TPSA) is 63.0 Å². The van der Waals surface area contributed by atoms with Gasteiger partial charge in [0.2, 0.25) is 0 Å². The van der Waals surface area contributed by atoms with Gasteiger partial charge in [-0.1, -0.05) is 43.1 Å². The van der Waals surface area contributed by atoms with Crippen molar-refractivity contribution in [1.29, 1.82) is 0 Å². The number of hydrogen-bond acceptors (Lipinski definition) is 5. The van der Waals surface area contributed by atoms with Crippen LogP contribution in [0.4, 0.5) is 11.6 Å². The molecule has 4 nitrogen and oxygen atoms in total. The second kappa shape index (κ2) is 6.18. The lowest BCUT2D eigenvalue weighted by Gasteiger charge is -2.24. The first-order valence-corrected chi connectivity index (χ1v) is 7.68. The van der Waals surface area contributed by atoms with Crippen molar-refractivity contribution in [2.45, 2.75) is 19.3 Å². The van der Waals surface area contributed by atoms with Crippen LogP contribution in [0.3, 0.4) is 0 Å². The first-order valence-electron chi connectivity index (χ1n) is 6.04. The molecule has 2 aromatic rings. The van der Waals surface area contributed by atoms with Crippen molar-refractivity contribution in [3.63, 3.8) is 0 Å². The zero-order chi connectivity index (χ0) is 14.8. The third kappa shape index (κ3) is 3.35. The number of nitrogen functional groups attached to an aromatic ring is 1. The Balaban J connectivity index is 2.15. The number of nitrogens with one attached hydrogen (secondary N) is 2. The zero-order valence-electron chi connectivity index (χ0n) is 11.2. The van der Waals surface area contributed by atoms with Crippen molar-refractivity contribution >= 4 is 46.2 Å². The third-order valence-corrected chi connectivity index (χ3v) is 4.76. The van der Waals surface area contributed by atoms with Gasteiger partial charge in [-0.15, -0.1) is 11.3 Å². The van der Waals surface area contributed by atoms with Gasteiger partial charge in [0, 0.05) is 16.8 Å². The molecule has 7 heteroatoms. The molecule has 0 atom stereocenters. The van der Waals surface area contributed by atoms with E-state index in [0.29, 0.717) is 28.2 Å². The monoisotopic (exact) mass is 330 g/mol. The molecule has 4 N–H and O–H groups in total. The van der Waals surface area contributed by atoms with Crippen molar-refractivity contribution in [2.75, 3.05) is 17.3 Å². The van der Waals surface area contributed by atoms with Gasteiger partial charge in [0.15, 0.2) is 5.82 Å². The molecular formula is C13H16Cl2N4S. The van der Waals surface area contributed by atoms with Gasteiger partial charge in [0.1, 0.15) is 5.82 Å². The Hall–Kier alpha value is -1.01. The van der Waals surface area contributed by atoms with Crippen LogP contribution in [0.5, 0.6) is 0 Å². The Morgan fingerprint density at radius 3 is 2.60 bits per heavy atom. The van der Waals surface area contributed by atoms with Gasteiger partial charge in [-0.2, -0.15) is 0 Å². The van der Waals surface area contributed by atoms with Crippen LogP contribution in [0, 0.1) is 0 Å². The average molecular weight is 331 g/mol. The van der Waals surface area contributed by atoms with Crippen molar-refractivity contribution in [1.82, 2.24) is 4.98 Å². The van der Waals surface area contributed by atoms with E-state index in [-0.39, 0.29) is 5.41 Å². The van der Waals surface area contributed by atoms with Gasteiger partial charge >= 0.3 is 0 Å². The van der Waals surface area contributed by atoms with Crippen LogP contribution in [0.15, 0.2) is 23.6 Å². The molecule has 0 bridgehead atoms. The molecule has 108 valence electrons. The molecular weight excluding hydrogens is 315 g/mol. The van der Waals surface area contributed by atoms with Gasteiger partial charge in [-0.05, 0) is 17.5 Å². The predicted octanol–water partition coefficient (Wildman–Crippen LogP) is 4.13. The third-order valence-electron chi connectivity index (χ3n) is 2.95. The summed E-state index contributed by atoms with van der Waals surface area (Å²) in [7, 11) is 0. The number of aromatic nitrogens is 1. The van der Waals surface area contributed by atoms with Crippen LogP contribution in [0.25, 0.3) is 0 Å². The van der Waals surface area contributed by atoms with Crippen LogP contribution >= 0.6 is 34.5 Å². The first kappa shape index (κ1) is 15.4. The molecule has 0 saturated carbocycles. The number of nitrogens with zero attached hydrogens (tertiary/aromatic N) is 1. The molecule has 0 aliphatic rings. The Kier molecular flexibility index (Phi) is 4.75. The highest BCUT2D eigenvalue weighted by molar-refractivity contribution is 7.10. The quantitative estimate of drug-likeness (QED) is 0.569. The van der Waals surface area contributed by atoms with Gasteiger partial charge in [-0.25, -0.2) is 10.8 Å². The number of thiophene rings is 1. The highest BCUT2D eigenvalue weighted by Crippen LogP contribution is 2.31. The molecule has 0 aromatic carbocycles. The van der Waals surface area contributed by atoms with Crippen LogP contribution in [-0.2, 0) is 5.41 Å². The second-order valence-electron chi connectivity index (χ2n) is 5.01. The van der Waals surface area contributed by atoms with E-state index < -0.39 is 0 Å². The number of hydrogen-bond donors (Lipinski definition) is 3. The molecule has 20 heavy (non-hydrogen) atoms. The van der Waals surface area contributed by atoms with Crippen molar-refractivity contribution < 1.29 is 0 Å². The number of hydrazine groups is 1. The maximum Gasteiger partial charge on any atom is 0.161 e. The number of halogens is 2. The Bertz CT molecular complexity index is 584. The molecule has 2 rings (SSSR count). The number of anilines is 2. The van der Waals surface area contributed by atoms with E-state index >= 15 is 0 Å². The SMILES string of the molecule is CC(C)(CNc1nc(NN)c(Cl)cc1Cl)c1cccs1. The number of pyridine rings is 1. The summed E-state index contributed by atoms with van der Waals surface area (Å²) in [5.74, 6) is 6.32. The van der Waals surface area contributed by atoms with E-state index in [1.807, 2.05) is 6.07 Å². The summed E-state index contributed by atoms with van der Waals surface area (Å²) >= 11 is 13.8. The predicted molar refractivity (Wildman–Crippen MR) is 87.9 cm³/mol. The van der Waals surface area contributed by atoms with Gasteiger partial charge in [0.25, 0.3) is 0 Å². The number of rotatable bonds is 5. The van der Waals surface area contributed by atoms with Crippen molar-refractivity contribution in [3.8, 4) is 0 Å². The Morgan fingerprint density at radius 1 is 1.30 bits per heavy atom. The Labute approximate surface area is 132 Å². The largest absolute Gasteiger partial charge is 0.368 e. The van der Waals surface area contributed by atoms with E-state index in [1.54, 1.807) is 17.4 Å². The van der Waals surface area contributed by atoms with E-state index in [0.717, 1.165) is 0 Å². The molecule has 2 heterocycles. The highest BCUT2D eigenvalue weighted by Gasteiger charge is 2.22. The maximum absolute atomic E-state index is 6.14. The molecule has 0 aliphatic heterocycles. The number of nitrogens with two attached hydrogens (primary N) is 1. The molecule has 0 aliphatic carbocycles. The summed E-state index contributed by atoms with van der Waals surface area (Å²) in [5.41, 5.74) is 2.43. The average Bonchev–Trinajstić information content (AvgIpc) is 2.92. The van der Waals surface area contributed by atoms with Gasteiger partial charge in [0.05, 0.1) is 10.0 Å². The normalized spacial score (nSPS) is 11.4. The lowest BCUT2D eigenvalue weighted by molar-refractivity contribution is 0.568. The molecule has 0 saturated heterocycles. The molecule has 0 radical (unpaired) electrons. The Morgan fingerprint density at radius 2 is 2.00 bits per heavy atom. The van der Waals surface area contributed by atoms with E-state index in [1.165, 1.54) is 4.88 Å². The molecule has 0 amide bonds. The molecule has 0 unspecified atom stereocenters. The molecule has 2 aromatic heterocycles. The summed E-state index contributed by atoms with van der Waals surface area (Å²) < 4.78 is 0. The minimum atomic E-state index is -0.0187. The lowest BCUT2D eigenvalue weighted by Crippen LogP contribution is -2.27. The summed E-state index contributed by atoms with van der Waals surface area (Å²) in [6.07, 6.45) is 0. The fourth-order valence-electron chi connectivity index (χ4n) is 1.75. The van der Waals surface area contributed by atoms with Crippen LogP contribution in [0.2, 0.25) is 10.0 Å². The van der Waals surface area contributed by atoms with Crippen molar-refractivity contribution in [2.24, 2.45) is 5.84 Å². The minimum absolute atomic E-state index is 0.0187. The summed E-state index contributed by atoms with van der Waals surface area (Å²) in [5, 5.41) is 6.18. The second-order valence-corrected chi connectivity index (χ2v) is 6.77. The maximum atomic E-state index is 6.14. The fraction of sp³-hybridized carbons (Fsp3) is 0.308. The summed E-state index contributed by atoms with van der Waals surface area (Å²) in [6, 6.07) is 5.79. The highest BCUT2D eigenvalue weighted by atomic mass is 35.5. The summed E-state index contributed by atoms with van der Waals surface area (Å²) in [4.78, 5) is 5.57. The van der Waals surface area contributed by atoms with E-state index in [4.69, 9.17) is 29.0 Å². The van der Waals surface area contributed by atoms with Crippen LogP contribution < -0.4 is 16.6 Å². The standard InChI is InChI=1S/C13H16Cl2N4S/c1-13(2,10-4-3-5-20-10)7-17-11-8(14)6-9(15)12(18-11)19-16/h3-6H,7,16H2,1-2H3,(H2,17,18,19). The fourth-order valence-corrected chi connectivity index (χ4v) is 3.08. The molecule has 0 fully saturated rings. The van der Waals surface area contributed by atoms with Crippen LogP contribution in [-0.4, -0.2) is 11.5 Å². The van der Waals surface area contributed by atoms with E-state index in [9.17, 15) is 0 Å². The zero-order valence-corrected chi connectivity index (χ0v) is 13.5.